The maximum Gasteiger partial charge on any atom is 0.331 e. The van der Waals surface area contributed by atoms with E-state index in [0.717, 1.165) is 49.8 Å². The van der Waals surface area contributed by atoms with Gasteiger partial charge in [0.1, 0.15) is 5.56 Å². The minimum absolute atomic E-state index is 0.0186. The van der Waals surface area contributed by atoms with Gasteiger partial charge in [0.25, 0.3) is 5.56 Å². The van der Waals surface area contributed by atoms with Crippen molar-refractivity contribution in [2.24, 2.45) is 5.10 Å². The summed E-state index contributed by atoms with van der Waals surface area (Å²) in [6.07, 6.45) is 7.16. The van der Waals surface area contributed by atoms with Crippen molar-refractivity contribution in [3.8, 4) is 5.88 Å². The Morgan fingerprint density at radius 2 is 1.88 bits per heavy atom. The molecule has 138 valence electrons. The molecule has 1 fully saturated rings. The molecule has 0 spiro atoms. The number of nitrogens with zero attached hydrogens (tertiary/aromatic N) is 2. The van der Waals surface area contributed by atoms with Crippen LogP contribution in [-0.4, -0.2) is 20.9 Å². The van der Waals surface area contributed by atoms with Crippen LogP contribution in [0.4, 0.5) is 5.69 Å². The fourth-order valence-corrected chi connectivity index (χ4v) is 3.39. The van der Waals surface area contributed by atoms with E-state index in [2.05, 4.69) is 15.5 Å². The Labute approximate surface area is 151 Å². The second-order valence-electron chi connectivity index (χ2n) is 6.70. The largest absolute Gasteiger partial charge is 0.494 e. The number of para-hydroxylation sites is 1. The van der Waals surface area contributed by atoms with Crippen molar-refractivity contribution in [2.45, 2.75) is 51.5 Å². The molecule has 0 radical (unpaired) electrons. The minimum atomic E-state index is -0.646. The molecule has 1 aliphatic carbocycles. The van der Waals surface area contributed by atoms with E-state index in [1.165, 1.54) is 10.8 Å². The molecule has 2 aromatic rings. The van der Waals surface area contributed by atoms with Gasteiger partial charge in [-0.1, -0.05) is 43.9 Å². The van der Waals surface area contributed by atoms with Gasteiger partial charge in [-0.3, -0.25) is 19.8 Å². The summed E-state index contributed by atoms with van der Waals surface area (Å²) in [4.78, 5) is 26.7. The molecular formula is C19H24N4O3. The molecule has 0 aliphatic heterocycles. The summed E-state index contributed by atoms with van der Waals surface area (Å²) in [5, 5.41) is 14.6. The molecule has 7 nitrogen and oxygen atoms in total. The molecule has 1 heterocycles. The van der Waals surface area contributed by atoms with Gasteiger partial charge in [0.15, 0.2) is 0 Å². The Hall–Kier alpha value is -2.83. The van der Waals surface area contributed by atoms with E-state index >= 15 is 0 Å². The van der Waals surface area contributed by atoms with E-state index in [1.807, 2.05) is 31.2 Å². The third-order valence-corrected chi connectivity index (χ3v) is 4.87. The fourth-order valence-electron chi connectivity index (χ4n) is 3.39. The first-order chi connectivity index (χ1) is 12.6. The number of H-pyrrole nitrogens is 1. The summed E-state index contributed by atoms with van der Waals surface area (Å²) < 4.78 is 1.31. The van der Waals surface area contributed by atoms with Crippen molar-refractivity contribution in [1.82, 2.24) is 9.55 Å². The van der Waals surface area contributed by atoms with E-state index in [4.69, 9.17) is 0 Å². The first kappa shape index (κ1) is 18.0. The highest BCUT2D eigenvalue weighted by molar-refractivity contribution is 5.82. The van der Waals surface area contributed by atoms with E-state index in [9.17, 15) is 14.7 Å². The molecule has 1 saturated carbocycles. The van der Waals surface area contributed by atoms with Gasteiger partial charge in [-0.15, -0.1) is 0 Å². The molecule has 0 unspecified atom stereocenters. The zero-order chi connectivity index (χ0) is 18.5. The second-order valence-corrected chi connectivity index (χ2v) is 6.70. The van der Waals surface area contributed by atoms with Crippen LogP contribution in [0.5, 0.6) is 5.88 Å². The first-order valence-corrected chi connectivity index (χ1v) is 9.00. The Kier molecular flexibility index (Phi) is 5.55. The SMILES string of the molecule is Cc1ccccc1NN=Cc1c(O)n(C2CCCCCC2)c(=O)[nH]c1=O. The quantitative estimate of drug-likeness (QED) is 0.445. The molecule has 1 aromatic heterocycles. The molecule has 0 bridgehead atoms. The molecular weight excluding hydrogens is 332 g/mol. The van der Waals surface area contributed by atoms with Crippen LogP contribution in [0.3, 0.4) is 0 Å². The number of anilines is 1. The van der Waals surface area contributed by atoms with Crippen molar-refractivity contribution >= 4 is 11.9 Å². The number of rotatable bonds is 4. The summed E-state index contributed by atoms with van der Waals surface area (Å²) in [5.74, 6) is -0.319. The predicted octanol–water partition coefficient (Wildman–Crippen LogP) is 2.89. The zero-order valence-electron chi connectivity index (χ0n) is 14.9. The highest BCUT2D eigenvalue weighted by atomic mass is 16.3. The number of benzene rings is 1. The number of aromatic nitrogens is 2. The molecule has 26 heavy (non-hydrogen) atoms. The van der Waals surface area contributed by atoms with Crippen LogP contribution in [0.15, 0.2) is 39.0 Å². The van der Waals surface area contributed by atoms with Gasteiger partial charge in [-0.25, -0.2) is 4.79 Å². The van der Waals surface area contributed by atoms with Gasteiger partial charge >= 0.3 is 5.69 Å². The number of aromatic amines is 1. The molecule has 3 rings (SSSR count). The number of aromatic hydroxyl groups is 1. The second kappa shape index (κ2) is 8.03. The Bertz CT molecular complexity index is 906. The van der Waals surface area contributed by atoms with Crippen molar-refractivity contribution in [3.63, 3.8) is 0 Å². The summed E-state index contributed by atoms with van der Waals surface area (Å²) in [7, 11) is 0. The molecule has 7 heteroatoms. The van der Waals surface area contributed by atoms with Crippen LogP contribution in [-0.2, 0) is 0 Å². The first-order valence-electron chi connectivity index (χ1n) is 9.00. The van der Waals surface area contributed by atoms with E-state index in [0.29, 0.717) is 0 Å². The van der Waals surface area contributed by atoms with Gasteiger partial charge in [0.2, 0.25) is 5.88 Å². The third-order valence-electron chi connectivity index (χ3n) is 4.87. The number of hydrogen-bond acceptors (Lipinski definition) is 5. The van der Waals surface area contributed by atoms with Gasteiger partial charge in [0, 0.05) is 6.04 Å². The topological polar surface area (TPSA) is 99.5 Å². The van der Waals surface area contributed by atoms with E-state index in [-0.39, 0.29) is 17.5 Å². The number of aryl methyl sites for hydroxylation is 1. The van der Waals surface area contributed by atoms with Crippen molar-refractivity contribution in [1.29, 1.82) is 0 Å². The van der Waals surface area contributed by atoms with Crippen LogP contribution < -0.4 is 16.7 Å². The zero-order valence-corrected chi connectivity index (χ0v) is 14.9. The smallest absolute Gasteiger partial charge is 0.331 e. The fraction of sp³-hybridized carbons (Fsp3) is 0.421. The lowest BCUT2D eigenvalue weighted by molar-refractivity contribution is 0.339. The average Bonchev–Trinajstić information content (AvgIpc) is 2.88. The molecule has 0 amide bonds. The summed E-state index contributed by atoms with van der Waals surface area (Å²) in [5.41, 5.74) is 3.44. The standard InChI is InChI=1S/C19H24N4O3/c1-13-8-6-7-11-16(13)22-20-12-15-17(24)21-19(26)23(18(15)25)14-9-4-2-3-5-10-14/h6-8,11-12,14,22,25H,2-5,9-10H2,1H3,(H,21,24,26). The van der Waals surface area contributed by atoms with Gasteiger partial charge < -0.3 is 5.11 Å². The predicted molar refractivity (Wildman–Crippen MR) is 102 cm³/mol. The van der Waals surface area contributed by atoms with Crippen molar-refractivity contribution in [2.75, 3.05) is 5.43 Å². The maximum atomic E-state index is 12.3. The lowest BCUT2D eigenvalue weighted by Gasteiger charge is -2.19. The molecule has 0 atom stereocenters. The molecule has 0 saturated heterocycles. The van der Waals surface area contributed by atoms with Gasteiger partial charge in [-0.2, -0.15) is 5.10 Å². The van der Waals surface area contributed by atoms with Crippen LogP contribution in [0.25, 0.3) is 0 Å². The average molecular weight is 356 g/mol. The molecule has 3 N–H and O–H groups in total. The lowest BCUT2D eigenvalue weighted by Crippen LogP contribution is -2.34. The van der Waals surface area contributed by atoms with Crippen LogP contribution in [0, 0.1) is 6.92 Å². The normalized spacial score (nSPS) is 15.9. The van der Waals surface area contributed by atoms with Crippen LogP contribution >= 0.6 is 0 Å². The number of hydrogen-bond donors (Lipinski definition) is 3. The number of nitrogens with one attached hydrogen (secondary N) is 2. The molecule has 1 aliphatic rings. The lowest BCUT2D eigenvalue weighted by atomic mass is 10.1. The minimum Gasteiger partial charge on any atom is -0.494 e. The highest BCUT2D eigenvalue weighted by Crippen LogP contribution is 2.28. The van der Waals surface area contributed by atoms with Crippen LogP contribution in [0.2, 0.25) is 0 Å². The van der Waals surface area contributed by atoms with Crippen molar-refractivity contribution < 1.29 is 5.11 Å². The Morgan fingerprint density at radius 3 is 2.58 bits per heavy atom. The molecule has 1 aromatic carbocycles. The Morgan fingerprint density at radius 1 is 1.19 bits per heavy atom. The monoisotopic (exact) mass is 356 g/mol. The van der Waals surface area contributed by atoms with E-state index < -0.39 is 11.2 Å². The number of hydrazone groups is 1. The van der Waals surface area contributed by atoms with Gasteiger partial charge in [-0.05, 0) is 31.4 Å². The van der Waals surface area contributed by atoms with Crippen LogP contribution in [0.1, 0.15) is 55.7 Å². The van der Waals surface area contributed by atoms with Crippen molar-refractivity contribution in [3.05, 3.63) is 56.2 Å². The summed E-state index contributed by atoms with van der Waals surface area (Å²) in [6, 6.07) is 7.50. The highest BCUT2D eigenvalue weighted by Gasteiger charge is 2.21. The van der Waals surface area contributed by atoms with E-state index in [1.54, 1.807) is 0 Å². The third kappa shape index (κ3) is 3.87. The summed E-state index contributed by atoms with van der Waals surface area (Å²) >= 11 is 0. The van der Waals surface area contributed by atoms with Gasteiger partial charge in [0.05, 0.1) is 11.9 Å². The Balaban J connectivity index is 1.91. The summed E-state index contributed by atoms with van der Waals surface area (Å²) in [6.45, 7) is 1.94. The maximum absolute atomic E-state index is 12.3.